The van der Waals surface area contributed by atoms with Crippen molar-refractivity contribution in [1.29, 1.82) is 0 Å². The Morgan fingerprint density at radius 1 is 1.42 bits per heavy atom. The highest BCUT2D eigenvalue weighted by atomic mass is 32.2. The summed E-state index contributed by atoms with van der Waals surface area (Å²) in [5, 5.41) is 9.04. The molecule has 0 aromatic carbocycles. The minimum atomic E-state index is -4.56. The molecule has 0 aromatic rings. The number of halogens is 3. The van der Waals surface area contributed by atoms with Crippen LogP contribution in [0.25, 0.3) is 0 Å². The molecule has 1 heterocycles. The van der Waals surface area contributed by atoms with E-state index in [-0.39, 0.29) is 32.2 Å². The predicted octanol–water partition coefficient (Wildman–Crippen LogP) is 0.820. The molecule has 5 nitrogen and oxygen atoms in total. The molecule has 114 valence electrons. The monoisotopic (exact) mass is 304 g/mol. The second-order valence-electron chi connectivity index (χ2n) is 4.60. The fourth-order valence-corrected chi connectivity index (χ4v) is 3.83. The lowest BCUT2D eigenvalue weighted by Gasteiger charge is -2.34. The van der Waals surface area contributed by atoms with Gasteiger partial charge in [0.2, 0.25) is 0 Å². The Hall–Kier alpha value is -0.380. The molecule has 0 amide bonds. The van der Waals surface area contributed by atoms with Gasteiger partial charge in [0.25, 0.3) is 10.2 Å². The van der Waals surface area contributed by atoms with E-state index in [1.165, 1.54) is 6.92 Å². The third kappa shape index (κ3) is 4.59. The van der Waals surface area contributed by atoms with Gasteiger partial charge in [-0.2, -0.15) is 30.2 Å². The Morgan fingerprint density at radius 3 is 2.53 bits per heavy atom. The van der Waals surface area contributed by atoms with Crippen LogP contribution in [0.5, 0.6) is 0 Å². The Labute approximate surface area is 111 Å². The Kier molecular flexibility index (Phi) is 5.60. The van der Waals surface area contributed by atoms with Gasteiger partial charge in [0.15, 0.2) is 0 Å². The molecule has 1 rings (SSSR count). The van der Waals surface area contributed by atoms with Crippen LogP contribution in [-0.4, -0.2) is 61.1 Å². The number of aliphatic hydroxyl groups is 1. The molecule has 0 saturated carbocycles. The highest BCUT2D eigenvalue weighted by Crippen LogP contribution is 2.24. The molecule has 19 heavy (non-hydrogen) atoms. The summed E-state index contributed by atoms with van der Waals surface area (Å²) in [4.78, 5) is 0. The van der Waals surface area contributed by atoms with Crippen LogP contribution in [0, 0.1) is 5.92 Å². The van der Waals surface area contributed by atoms with Crippen LogP contribution in [0.4, 0.5) is 13.2 Å². The third-order valence-electron chi connectivity index (χ3n) is 3.10. The van der Waals surface area contributed by atoms with Crippen LogP contribution in [0.2, 0.25) is 0 Å². The lowest BCUT2D eigenvalue weighted by atomic mass is 10.0. The van der Waals surface area contributed by atoms with Gasteiger partial charge in [-0.1, -0.05) is 6.92 Å². The lowest BCUT2D eigenvalue weighted by molar-refractivity contribution is -0.136. The van der Waals surface area contributed by atoms with Gasteiger partial charge in [-0.05, 0) is 18.8 Å². The second-order valence-corrected chi connectivity index (χ2v) is 6.53. The summed E-state index contributed by atoms with van der Waals surface area (Å²) in [5.74, 6) is -0.201. The van der Waals surface area contributed by atoms with Crippen molar-refractivity contribution in [3.05, 3.63) is 0 Å². The first-order valence-electron chi connectivity index (χ1n) is 6.13. The molecular weight excluding hydrogens is 285 g/mol. The molecule has 0 bridgehead atoms. The molecule has 1 atom stereocenters. The summed E-state index contributed by atoms with van der Waals surface area (Å²) in [7, 11) is -4.11. The minimum absolute atomic E-state index is 0.0766. The van der Waals surface area contributed by atoms with Crippen LogP contribution < -0.4 is 0 Å². The van der Waals surface area contributed by atoms with Crippen molar-refractivity contribution in [2.24, 2.45) is 5.92 Å². The van der Waals surface area contributed by atoms with Crippen molar-refractivity contribution in [1.82, 2.24) is 8.61 Å². The lowest BCUT2D eigenvalue weighted by Crippen LogP contribution is -2.50. The highest BCUT2D eigenvalue weighted by Gasteiger charge is 2.39. The fourth-order valence-electron chi connectivity index (χ4n) is 2.11. The molecule has 1 unspecified atom stereocenters. The maximum atomic E-state index is 12.4. The van der Waals surface area contributed by atoms with Crippen molar-refractivity contribution < 1.29 is 26.7 Å². The van der Waals surface area contributed by atoms with E-state index in [0.717, 1.165) is 4.31 Å². The summed E-state index contributed by atoms with van der Waals surface area (Å²) < 4.78 is 62.8. The Balaban J connectivity index is 2.82. The summed E-state index contributed by atoms with van der Waals surface area (Å²) in [6, 6.07) is 0. The van der Waals surface area contributed by atoms with Gasteiger partial charge in [-0.3, -0.25) is 0 Å². The van der Waals surface area contributed by atoms with Crippen LogP contribution in [0.1, 0.15) is 19.8 Å². The molecule has 9 heteroatoms. The van der Waals surface area contributed by atoms with Gasteiger partial charge in [0, 0.05) is 26.2 Å². The van der Waals surface area contributed by atoms with E-state index in [1.54, 1.807) is 0 Å². The maximum Gasteiger partial charge on any atom is 0.402 e. The minimum Gasteiger partial charge on any atom is -0.396 e. The van der Waals surface area contributed by atoms with E-state index < -0.39 is 22.9 Å². The zero-order valence-electron chi connectivity index (χ0n) is 10.7. The Morgan fingerprint density at radius 2 is 2.05 bits per heavy atom. The zero-order valence-corrected chi connectivity index (χ0v) is 11.5. The molecule has 0 spiro atoms. The number of hydrogen-bond donors (Lipinski definition) is 1. The predicted molar refractivity (Wildman–Crippen MR) is 63.6 cm³/mol. The van der Waals surface area contributed by atoms with Crippen LogP contribution in [0.3, 0.4) is 0 Å². The van der Waals surface area contributed by atoms with Gasteiger partial charge in [0.1, 0.15) is 6.54 Å². The number of nitrogens with zero attached hydrogens (tertiary/aromatic N) is 2. The number of piperidine rings is 1. The average Bonchev–Trinajstić information content (AvgIpc) is 2.34. The summed E-state index contributed by atoms with van der Waals surface area (Å²) >= 11 is 0. The molecule has 1 fully saturated rings. The van der Waals surface area contributed by atoms with Gasteiger partial charge >= 0.3 is 6.18 Å². The van der Waals surface area contributed by atoms with Crippen molar-refractivity contribution in [3.63, 3.8) is 0 Å². The number of aliphatic hydroxyl groups excluding tert-OH is 1. The summed E-state index contributed by atoms with van der Waals surface area (Å²) in [5.41, 5.74) is 0. The van der Waals surface area contributed by atoms with E-state index in [9.17, 15) is 21.6 Å². The number of rotatable bonds is 5. The first-order chi connectivity index (χ1) is 8.70. The normalized spacial score (nSPS) is 22.9. The third-order valence-corrected chi connectivity index (χ3v) is 5.12. The van der Waals surface area contributed by atoms with Crippen LogP contribution in [0.15, 0.2) is 0 Å². The molecule has 1 aliphatic rings. The molecule has 0 aromatic heterocycles. The van der Waals surface area contributed by atoms with Crippen LogP contribution >= 0.6 is 0 Å². The highest BCUT2D eigenvalue weighted by molar-refractivity contribution is 7.86. The summed E-state index contributed by atoms with van der Waals surface area (Å²) in [6.07, 6.45) is -3.32. The number of hydrogen-bond acceptors (Lipinski definition) is 3. The van der Waals surface area contributed by atoms with E-state index >= 15 is 0 Å². The second kappa shape index (κ2) is 6.38. The van der Waals surface area contributed by atoms with Gasteiger partial charge in [-0.25, -0.2) is 0 Å². The van der Waals surface area contributed by atoms with Gasteiger partial charge < -0.3 is 5.11 Å². The van der Waals surface area contributed by atoms with Crippen molar-refractivity contribution >= 4 is 10.2 Å². The molecule has 1 N–H and O–H groups in total. The van der Waals surface area contributed by atoms with Crippen molar-refractivity contribution in [2.75, 3.05) is 32.8 Å². The fraction of sp³-hybridized carbons (Fsp3) is 1.00. The summed E-state index contributed by atoms with van der Waals surface area (Å²) in [6.45, 7) is -0.219. The molecular formula is C10H19F3N2O3S. The molecule has 1 aliphatic heterocycles. The van der Waals surface area contributed by atoms with Crippen LogP contribution in [-0.2, 0) is 10.2 Å². The van der Waals surface area contributed by atoms with E-state index in [1.807, 2.05) is 0 Å². The smallest absolute Gasteiger partial charge is 0.396 e. The van der Waals surface area contributed by atoms with Gasteiger partial charge in [0.05, 0.1) is 0 Å². The zero-order chi connectivity index (χ0) is 14.7. The first kappa shape index (κ1) is 16.7. The van der Waals surface area contributed by atoms with Crippen molar-refractivity contribution in [3.8, 4) is 0 Å². The molecule has 0 radical (unpaired) electrons. The standard InChI is InChI=1S/C10H19F3N2O3S/c1-2-14(8-10(11,12)13)19(17,18)15-5-3-4-9(6-15)7-16/h9,16H,2-8H2,1H3. The van der Waals surface area contributed by atoms with E-state index in [0.29, 0.717) is 17.1 Å². The SMILES string of the molecule is CCN(CC(F)(F)F)S(=O)(=O)N1CCCC(CO)C1. The Bertz CT molecular complexity index is 386. The first-order valence-corrected chi connectivity index (χ1v) is 7.53. The topological polar surface area (TPSA) is 60.9 Å². The molecule has 1 saturated heterocycles. The quantitative estimate of drug-likeness (QED) is 0.818. The van der Waals surface area contributed by atoms with E-state index in [2.05, 4.69) is 0 Å². The van der Waals surface area contributed by atoms with Crippen molar-refractivity contribution in [2.45, 2.75) is 25.9 Å². The number of alkyl halides is 3. The largest absolute Gasteiger partial charge is 0.402 e. The average molecular weight is 304 g/mol. The van der Waals surface area contributed by atoms with E-state index in [4.69, 9.17) is 5.11 Å². The molecule has 0 aliphatic carbocycles. The maximum absolute atomic E-state index is 12.4. The van der Waals surface area contributed by atoms with Gasteiger partial charge in [-0.15, -0.1) is 0 Å².